The van der Waals surface area contributed by atoms with Gasteiger partial charge in [-0.2, -0.15) is 0 Å². The van der Waals surface area contributed by atoms with Crippen LogP contribution >= 0.6 is 0 Å². The maximum Gasteiger partial charge on any atom is 0.332 e. The second kappa shape index (κ2) is 8.31. The molecule has 1 rings (SSSR count). The molecule has 0 saturated heterocycles. The van der Waals surface area contributed by atoms with Crippen molar-refractivity contribution in [2.24, 2.45) is 0 Å². The van der Waals surface area contributed by atoms with Gasteiger partial charge in [0.2, 0.25) is 0 Å². The highest BCUT2D eigenvalue weighted by Crippen LogP contribution is 2.21. The first-order valence-corrected chi connectivity index (χ1v) is 5.98. The number of anilines is 1. The number of nitrogens with one attached hydrogen (secondary N) is 1. The van der Waals surface area contributed by atoms with E-state index in [0.717, 1.165) is 5.69 Å². The normalized spacial score (nSPS) is 10.1. The van der Waals surface area contributed by atoms with Crippen molar-refractivity contribution in [2.75, 3.05) is 38.8 Å². The first-order chi connectivity index (χ1) is 9.17. The fourth-order valence-electron chi connectivity index (χ4n) is 1.40. The van der Waals surface area contributed by atoms with E-state index in [4.69, 9.17) is 14.2 Å². The van der Waals surface area contributed by atoms with Crippen LogP contribution in [0.15, 0.2) is 18.2 Å². The fraction of sp³-hybridized carbons (Fsp3) is 0.462. The number of benzene rings is 1. The van der Waals surface area contributed by atoms with Gasteiger partial charge in [0, 0.05) is 18.3 Å². The van der Waals surface area contributed by atoms with Crippen LogP contribution in [0.1, 0.15) is 6.92 Å². The van der Waals surface area contributed by atoms with E-state index >= 15 is 0 Å². The van der Waals surface area contributed by atoms with Crippen LogP contribution in [0.3, 0.4) is 0 Å². The summed E-state index contributed by atoms with van der Waals surface area (Å²) in [5.41, 5.74) is 0.720. The number of rotatable bonds is 8. The summed E-state index contributed by atoms with van der Waals surface area (Å²) in [6.07, 6.45) is 0. The zero-order valence-corrected chi connectivity index (χ0v) is 11.1. The molecule has 0 aliphatic heterocycles. The number of halogens is 1. The predicted molar refractivity (Wildman–Crippen MR) is 68.9 cm³/mol. The Bertz CT molecular complexity index is 412. The van der Waals surface area contributed by atoms with Crippen molar-refractivity contribution in [1.29, 1.82) is 0 Å². The Kier molecular flexibility index (Phi) is 6.67. The van der Waals surface area contributed by atoms with Crippen molar-refractivity contribution in [3.8, 4) is 5.75 Å². The molecule has 5 nitrogen and oxygen atoms in total. The molecule has 1 aromatic rings. The summed E-state index contributed by atoms with van der Waals surface area (Å²) >= 11 is 0. The highest BCUT2D eigenvalue weighted by molar-refractivity contribution is 5.70. The Labute approximate surface area is 111 Å². The lowest BCUT2D eigenvalue weighted by Crippen LogP contribution is -2.16. The standard InChI is InChI=1S/C13H18FNO4/c1-3-19-13(16)9-18-7-6-15-10-4-5-11(14)12(8-10)17-2/h4-5,8,15H,3,6-7,9H2,1-2H3. The van der Waals surface area contributed by atoms with Crippen LogP contribution in [-0.2, 0) is 14.3 Å². The molecule has 106 valence electrons. The minimum atomic E-state index is -0.411. The van der Waals surface area contributed by atoms with Gasteiger partial charge in [-0.05, 0) is 19.1 Å². The van der Waals surface area contributed by atoms with Gasteiger partial charge in [-0.1, -0.05) is 0 Å². The van der Waals surface area contributed by atoms with E-state index in [1.165, 1.54) is 13.2 Å². The fourth-order valence-corrected chi connectivity index (χ4v) is 1.40. The lowest BCUT2D eigenvalue weighted by molar-refractivity contribution is -0.148. The molecule has 0 unspecified atom stereocenters. The molecule has 0 atom stereocenters. The summed E-state index contributed by atoms with van der Waals surface area (Å²) in [5, 5.41) is 3.03. The number of hydrogen-bond acceptors (Lipinski definition) is 5. The molecule has 0 amide bonds. The first-order valence-electron chi connectivity index (χ1n) is 5.98. The number of esters is 1. The van der Waals surface area contributed by atoms with Crippen LogP contribution in [0.5, 0.6) is 5.75 Å². The maximum atomic E-state index is 13.1. The smallest absolute Gasteiger partial charge is 0.332 e. The predicted octanol–water partition coefficient (Wildman–Crippen LogP) is 1.83. The molecule has 0 aliphatic rings. The highest BCUT2D eigenvalue weighted by Gasteiger charge is 2.03. The minimum absolute atomic E-state index is 0.0672. The summed E-state index contributed by atoms with van der Waals surface area (Å²) < 4.78 is 27.8. The molecule has 0 aliphatic carbocycles. The van der Waals surface area contributed by atoms with Crippen LogP contribution in [0.2, 0.25) is 0 Å². The van der Waals surface area contributed by atoms with E-state index < -0.39 is 5.82 Å². The van der Waals surface area contributed by atoms with E-state index in [-0.39, 0.29) is 18.3 Å². The van der Waals surface area contributed by atoms with Gasteiger partial charge in [-0.3, -0.25) is 0 Å². The van der Waals surface area contributed by atoms with Crippen molar-refractivity contribution in [3.05, 3.63) is 24.0 Å². The van der Waals surface area contributed by atoms with Gasteiger partial charge in [0.05, 0.1) is 20.3 Å². The summed E-state index contributed by atoms with van der Waals surface area (Å²) in [6.45, 7) is 2.85. The Balaban J connectivity index is 2.24. The lowest BCUT2D eigenvalue weighted by Gasteiger charge is -2.09. The summed E-state index contributed by atoms with van der Waals surface area (Å²) in [4.78, 5) is 11.0. The average Bonchev–Trinajstić information content (AvgIpc) is 2.40. The SMILES string of the molecule is CCOC(=O)COCCNc1ccc(F)c(OC)c1. The first kappa shape index (κ1) is 15.2. The Morgan fingerprint density at radius 1 is 1.42 bits per heavy atom. The molecular formula is C13H18FNO4. The van der Waals surface area contributed by atoms with Gasteiger partial charge in [-0.25, -0.2) is 9.18 Å². The van der Waals surface area contributed by atoms with Crippen LogP contribution in [0.4, 0.5) is 10.1 Å². The van der Waals surface area contributed by atoms with Gasteiger partial charge < -0.3 is 19.5 Å². The van der Waals surface area contributed by atoms with Gasteiger partial charge in [0.25, 0.3) is 0 Å². The van der Waals surface area contributed by atoms with Gasteiger partial charge >= 0.3 is 5.97 Å². The third-order valence-corrected chi connectivity index (χ3v) is 2.25. The van der Waals surface area contributed by atoms with Crippen LogP contribution in [0.25, 0.3) is 0 Å². The Morgan fingerprint density at radius 3 is 2.89 bits per heavy atom. The highest BCUT2D eigenvalue weighted by atomic mass is 19.1. The molecular weight excluding hydrogens is 253 g/mol. The average molecular weight is 271 g/mol. The van der Waals surface area contributed by atoms with Gasteiger partial charge in [-0.15, -0.1) is 0 Å². The molecule has 1 N–H and O–H groups in total. The number of carbonyl (C=O) groups excluding carboxylic acids is 1. The number of methoxy groups -OCH3 is 1. The molecule has 1 aromatic carbocycles. The number of carbonyl (C=O) groups is 1. The van der Waals surface area contributed by atoms with Crippen molar-refractivity contribution < 1.29 is 23.4 Å². The van der Waals surface area contributed by atoms with Crippen LogP contribution in [0, 0.1) is 5.82 Å². The monoisotopic (exact) mass is 271 g/mol. The van der Waals surface area contributed by atoms with Crippen LogP contribution in [-0.4, -0.2) is 39.4 Å². The van der Waals surface area contributed by atoms with Crippen molar-refractivity contribution in [3.63, 3.8) is 0 Å². The zero-order valence-electron chi connectivity index (χ0n) is 11.1. The van der Waals surface area contributed by atoms with E-state index in [1.807, 2.05) is 0 Å². The molecule has 19 heavy (non-hydrogen) atoms. The summed E-state index contributed by atoms with van der Waals surface area (Å²) in [6, 6.07) is 4.48. The third kappa shape index (κ3) is 5.56. The second-order valence-corrected chi connectivity index (χ2v) is 3.63. The molecule has 0 bridgehead atoms. The van der Waals surface area contributed by atoms with E-state index in [0.29, 0.717) is 19.8 Å². The lowest BCUT2D eigenvalue weighted by atomic mass is 10.3. The molecule has 0 aromatic heterocycles. The number of ether oxygens (including phenoxy) is 3. The summed E-state index contributed by atoms with van der Waals surface area (Å²) in [7, 11) is 1.41. The topological polar surface area (TPSA) is 56.8 Å². The van der Waals surface area contributed by atoms with Crippen molar-refractivity contribution >= 4 is 11.7 Å². The van der Waals surface area contributed by atoms with E-state index in [9.17, 15) is 9.18 Å². The Hall–Kier alpha value is -1.82. The minimum Gasteiger partial charge on any atom is -0.494 e. The van der Waals surface area contributed by atoms with E-state index in [2.05, 4.69) is 5.32 Å². The van der Waals surface area contributed by atoms with Crippen molar-refractivity contribution in [1.82, 2.24) is 0 Å². The molecule has 0 spiro atoms. The molecule has 0 heterocycles. The van der Waals surface area contributed by atoms with Crippen molar-refractivity contribution in [2.45, 2.75) is 6.92 Å². The molecule has 6 heteroatoms. The Morgan fingerprint density at radius 2 is 2.21 bits per heavy atom. The quantitative estimate of drug-likeness (QED) is 0.577. The van der Waals surface area contributed by atoms with Gasteiger partial charge in [0.1, 0.15) is 6.61 Å². The van der Waals surface area contributed by atoms with Gasteiger partial charge in [0.15, 0.2) is 11.6 Å². The van der Waals surface area contributed by atoms with E-state index in [1.54, 1.807) is 19.1 Å². The largest absolute Gasteiger partial charge is 0.494 e. The molecule has 0 saturated carbocycles. The van der Waals surface area contributed by atoms with Crippen LogP contribution < -0.4 is 10.1 Å². The molecule has 0 radical (unpaired) electrons. The third-order valence-electron chi connectivity index (χ3n) is 2.25. The molecule has 0 fully saturated rings. The second-order valence-electron chi connectivity index (χ2n) is 3.63. The summed E-state index contributed by atoms with van der Waals surface area (Å²) in [5.74, 6) is -0.616. The number of hydrogen-bond donors (Lipinski definition) is 1. The zero-order chi connectivity index (χ0) is 14.1. The maximum absolute atomic E-state index is 13.1.